The fourth-order valence-corrected chi connectivity index (χ4v) is 2.26. The fourth-order valence-electron chi connectivity index (χ4n) is 2.26. The summed E-state index contributed by atoms with van der Waals surface area (Å²) in [6.07, 6.45) is 2.18. The Kier molecular flexibility index (Phi) is 5.17. The van der Waals surface area contributed by atoms with Crippen molar-refractivity contribution in [2.75, 3.05) is 37.0 Å². The minimum absolute atomic E-state index is 0.0121. The van der Waals surface area contributed by atoms with Gasteiger partial charge in [0.2, 0.25) is 11.6 Å². The third-order valence-corrected chi connectivity index (χ3v) is 3.39. The zero-order chi connectivity index (χ0) is 16.1. The predicted octanol–water partition coefficient (Wildman–Crippen LogP) is -0.839. The SMILES string of the molecule is CCOC(=O)/C(N)=C(\CN1CCCC1)N(N)c1nonc1N. The number of likely N-dealkylation sites (tertiary alicyclic amines) is 1. The number of rotatable bonds is 6. The molecule has 1 aliphatic heterocycles. The second kappa shape index (κ2) is 7.09. The van der Waals surface area contributed by atoms with Gasteiger partial charge < -0.3 is 16.2 Å². The van der Waals surface area contributed by atoms with Gasteiger partial charge in [0, 0.05) is 6.54 Å². The molecule has 1 saturated heterocycles. The van der Waals surface area contributed by atoms with Gasteiger partial charge in [-0.2, -0.15) is 0 Å². The lowest BCUT2D eigenvalue weighted by Gasteiger charge is -2.25. The first-order valence-corrected chi connectivity index (χ1v) is 7.05. The van der Waals surface area contributed by atoms with Gasteiger partial charge in [-0.1, -0.05) is 0 Å². The number of carbonyl (C=O) groups is 1. The third kappa shape index (κ3) is 3.46. The number of nitrogens with two attached hydrogens (primary N) is 3. The van der Waals surface area contributed by atoms with Crippen molar-refractivity contribution in [2.24, 2.45) is 11.6 Å². The molecule has 2 rings (SSSR count). The van der Waals surface area contributed by atoms with Gasteiger partial charge in [-0.3, -0.25) is 9.91 Å². The highest BCUT2D eigenvalue weighted by atomic mass is 16.6. The first kappa shape index (κ1) is 16.0. The van der Waals surface area contributed by atoms with Gasteiger partial charge in [0.15, 0.2) is 0 Å². The van der Waals surface area contributed by atoms with Gasteiger partial charge in [-0.25, -0.2) is 15.3 Å². The smallest absolute Gasteiger partial charge is 0.356 e. The summed E-state index contributed by atoms with van der Waals surface area (Å²) < 4.78 is 9.47. The number of hydrogen-bond donors (Lipinski definition) is 3. The number of hydrogen-bond acceptors (Lipinski definition) is 10. The molecule has 1 aromatic heterocycles. The summed E-state index contributed by atoms with van der Waals surface area (Å²) in [5.41, 5.74) is 11.8. The van der Waals surface area contributed by atoms with Gasteiger partial charge in [-0.05, 0) is 43.2 Å². The van der Waals surface area contributed by atoms with Crippen LogP contribution in [0.1, 0.15) is 19.8 Å². The molecule has 1 aromatic rings. The minimum Gasteiger partial charge on any atom is -0.461 e. The zero-order valence-corrected chi connectivity index (χ0v) is 12.5. The molecule has 0 bridgehead atoms. The van der Waals surface area contributed by atoms with E-state index in [2.05, 4.69) is 19.8 Å². The topological polar surface area (TPSA) is 150 Å². The molecule has 0 aromatic carbocycles. The highest BCUT2D eigenvalue weighted by Crippen LogP contribution is 2.22. The highest BCUT2D eigenvalue weighted by Gasteiger charge is 2.25. The van der Waals surface area contributed by atoms with Gasteiger partial charge >= 0.3 is 5.97 Å². The second-order valence-corrected chi connectivity index (χ2v) is 4.91. The summed E-state index contributed by atoms with van der Waals surface area (Å²) in [4.78, 5) is 14.1. The maximum absolute atomic E-state index is 11.9. The van der Waals surface area contributed by atoms with Crippen molar-refractivity contribution in [1.82, 2.24) is 15.2 Å². The number of esters is 1. The van der Waals surface area contributed by atoms with Crippen molar-refractivity contribution in [3.63, 3.8) is 0 Å². The Bertz CT molecular complexity index is 551. The molecule has 10 nitrogen and oxygen atoms in total. The number of aromatic nitrogens is 2. The van der Waals surface area contributed by atoms with E-state index in [1.54, 1.807) is 6.92 Å². The standard InChI is InChI=1S/C12H21N7O3/c1-2-21-12(20)9(13)8(7-18-5-3-4-6-18)19(15)11-10(14)16-22-17-11/h2-7,13,15H2,1H3,(H2,14,16)/b9-8-. The summed E-state index contributed by atoms with van der Waals surface area (Å²) in [5, 5.41) is 8.22. The monoisotopic (exact) mass is 311 g/mol. The van der Waals surface area contributed by atoms with Gasteiger partial charge in [0.05, 0.1) is 12.3 Å². The molecule has 1 fully saturated rings. The van der Waals surface area contributed by atoms with E-state index in [1.165, 1.54) is 0 Å². The predicted molar refractivity (Wildman–Crippen MR) is 78.9 cm³/mol. The van der Waals surface area contributed by atoms with Crippen molar-refractivity contribution < 1.29 is 14.2 Å². The summed E-state index contributed by atoms with van der Waals surface area (Å²) in [7, 11) is 0. The lowest BCUT2D eigenvalue weighted by Crippen LogP contribution is -2.40. The largest absolute Gasteiger partial charge is 0.461 e. The zero-order valence-electron chi connectivity index (χ0n) is 12.5. The molecular weight excluding hydrogens is 290 g/mol. The van der Waals surface area contributed by atoms with Crippen molar-refractivity contribution in [2.45, 2.75) is 19.8 Å². The number of nitrogens with zero attached hydrogens (tertiary/aromatic N) is 4. The average molecular weight is 311 g/mol. The van der Waals surface area contributed by atoms with Crippen LogP contribution >= 0.6 is 0 Å². The maximum atomic E-state index is 11.9. The van der Waals surface area contributed by atoms with E-state index >= 15 is 0 Å². The number of carbonyl (C=O) groups excluding carboxylic acids is 1. The van der Waals surface area contributed by atoms with Crippen LogP contribution in [0.2, 0.25) is 0 Å². The Morgan fingerprint density at radius 3 is 2.64 bits per heavy atom. The van der Waals surface area contributed by atoms with Crippen molar-refractivity contribution >= 4 is 17.6 Å². The van der Waals surface area contributed by atoms with Gasteiger partial charge in [0.1, 0.15) is 5.70 Å². The molecule has 2 heterocycles. The molecule has 6 N–H and O–H groups in total. The summed E-state index contributed by atoms with van der Waals surface area (Å²) in [6, 6.07) is 0. The molecule has 0 aliphatic carbocycles. The van der Waals surface area contributed by atoms with Crippen LogP contribution in [-0.4, -0.2) is 47.4 Å². The van der Waals surface area contributed by atoms with Crippen LogP contribution in [0, 0.1) is 0 Å². The normalized spacial score (nSPS) is 16.5. The number of hydrazine groups is 1. The van der Waals surface area contributed by atoms with E-state index in [9.17, 15) is 4.79 Å². The van der Waals surface area contributed by atoms with E-state index < -0.39 is 5.97 Å². The molecule has 0 atom stereocenters. The summed E-state index contributed by atoms with van der Waals surface area (Å²) >= 11 is 0. The molecule has 0 saturated carbocycles. The molecule has 10 heteroatoms. The van der Waals surface area contributed by atoms with Crippen LogP contribution in [0.5, 0.6) is 0 Å². The van der Waals surface area contributed by atoms with Crippen LogP contribution < -0.4 is 22.3 Å². The van der Waals surface area contributed by atoms with Crippen LogP contribution in [0.3, 0.4) is 0 Å². The molecule has 0 unspecified atom stereocenters. The average Bonchev–Trinajstić information content (AvgIpc) is 3.15. The molecule has 1 aliphatic rings. The quantitative estimate of drug-likeness (QED) is 0.262. The number of nitrogen functional groups attached to an aromatic ring is 1. The van der Waals surface area contributed by atoms with E-state index in [0.29, 0.717) is 12.2 Å². The molecule has 0 radical (unpaired) electrons. The maximum Gasteiger partial charge on any atom is 0.356 e. The van der Waals surface area contributed by atoms with Gasteiger partial charge in [0.25, 0.3) is 0 Å². The Morgan fingerprint density at radius 1 is 1.41 bits per heavy atom. The van der Waals surface area contributed by atoms with Crippen LogP contribution in [0.25, 0.3) is 0 Å². The number of anilines is 2. The third-order valence-electron chi connectivity index (χ3n) is 3.39. The molecule has 122 valence electrons. The van der Waals surface area contributed by atoms with Crippen LogP contribution in [0.15, 0.2) is 16.0 Å². The van der Waals surface area contributed by atoms with E-state index in [4.69, 9.17) is 22.0 Å². The molecule has 0 amide bonds. The highest BCUT2D eigenvalue weighted by molar-refractivity contribution is 5.89. The molecule has 0 spiro atoms. The Labute approximate surface area is 127 Å². The minimum atomic E-state index is -0.637. The lowest BCUT2D eigenvalue weighted by atomic mass is 10.3. The summed E-state index contributed by atoms with van der Waals surface area (Å²) in [5.74, 6) is 5.49. The summed E-state index contributed by atoms with van der Waals surface area (Å²) in [6.45, 7) is 4.10. The Hall–Kier alpha value is -2.33. The van der Waals surface area contributed by atoms with Crippen molar-refractivity contribution in [3.05, 3.63) is 11.4 Å². The van der Waals surface area contributed by atoms with E-state index in [0.717, 1.165) is 30.9 Å². The van der Waals surface area contributed by atoms with Crippen molar-refractivity contribution in [3.8, 4) is 0 Å². The lowest BCUT2D eigenvalue weighted by molar-refractivity contribution is -0.138. The first-order chi connectivity index (χ1) is 10.5. The fraction of sp³-hybridized carbons (Fsp3) is 0.583. The van der Waals surface area contributed by atoms with E-state index in [-0.39, 0.29) is 23.9 Å². The number of ether oxygens (including phenoxy) is 1. The van der Waals surface area contributed by atoms with Crippen LogP contribution in [0.4, 0.5) is 11.6 Å². The second-order valence-electron chi connectivity index (χ2n) is 4.91. The van der Waals surface area contributed by atoms with Crippen molar-refractivity contribution in [1.29, 1.82) is 0 Å². The van der Waals surface area contributed by atoms with Crippen LogP contribution in [-0.2, 0) is 9.53 Å². The molecule has 22 heavy (non-hydrogen) atoms. The molecular formula is C12H21N7O3. The Morgan fingerprint density at radius 2 is 2.09 bits per heavy atom. The Balaban J connectivity index is 2.29. The van der Waals surface area contributed by atoms with E-state index in [1.807, 2.05) is 0 Å². The van der Waals surface area contributed by atoms with Gasteiger partial charge in [-0.15, -0.1) is 0 Å². The first-order valence-electron chi connectivity index (χ1n) is 7.05.